The van der Waals surface area contributed by atoms with E-state index in [0.717, 1.165) is 39.7 Å². The van der Waals surface area contributed by atoms with Crippen LogP contribution in [0.15, 0.2) is 91.0 Å². The fourth-order valence-electron chi connectivity index (χ4n) is 3.18. The van der Waals surface area contributed by atoms with Crippen LogP contribution in [-0.2, 0) is 9.59 Å². The van der Waals surface area contributed by atoms with Crippen LogP contribution in [0.1, 0.15) is 28.7 Å². The highest BCUT2D eigenvalue weighted by Crippen LogP contribution is 2.34. The number of hydrogen-bond donors (Lipinski definition) is 1. The molecule has 2 N–H and O–H groups in total. The summed E-state index contributed by atoms with van der Waals surface area (Å²) in [5.41, 5.74) is 11.3. The number of primary amides is 1. The van der Waals surface area contributed by atoms with Crippen LogP contribution in [0, 0.1) is 0 Å². The Bertz CT molecular complexity index is 1000. The minimum absolute atomic E-state index is 0.140. The van der Waals surface area contributed by atoms with Crippen LogP contribution in [0.2, 0.25) is 0 Å². The molecule has 0 saturated heterocycles. The minimum Gasteiger partial charge on any atom is -0.369 e. The molecule has 0 spiro atoms. The Morgan fingerprint density at radius 1 is 0.750 bits per heavy atom. The molecule has 0 fully saturated rings. The molecule has 0 saturated carbocycles. The second-order valence-electron chi connectivity index (χ2n) is 6.35. The van der Waals surface area contributed by atoms with E-state index in [1.54, 1.807) is 6.08 Å². The van der Waals surface area contributed by atoms with E-state index in [0.29, 0.717) is 0 Å². The van der Waals surface area contributed by atoms with E-state index < -0.39 is 0 Å². The van der Waals surface area contributed by atoms with Crippen molar-refractivity contribution < 1.29 is 9.59 Å². The zero-order chi connectivity index (χ0) is 19.8. The summed E-state index contributed by atoms with van der Waals surface area (Å²) < 4.78 is 0. The predicted octanol–water partition coefficient (Wildman–Crippen LogP) is 4.73. The largest absolute Gasteiger partial charge is 0.369 e. The first-order valence-electron chi connectivity index (χ1n) is 9.03. The molecule has 3 nitrogen and oxygen atoms in total. The summed E-state index contributed by atoms with van der Waals surface area (Å²) in [6.07, 6.45) is 4.11. The molecule has 0 aliphatic carbocycles. The van der Waals surface area contributed by atoms with Gasteiger partial charge in [0.15, 0.2) is 0 Å². The first-order chi connectivity index (χ1) is 13.7. The summed E-state index contributed by atoms with van der Waals surface area (Å²) >= 11 is 0. The lowest BCUT2D eigenvalue weighted by Gasteiger charge is -2.17. The van der Waals surface area contributed by atoms with Crippen LogP contribution in [0.4, 0.5) is 0 Å². The van der Waals surface area contributed by atoms with Gasteiger partial charge in [-0.3, -0.25) is 9.59 Å². The molecule has 0 aliphatic heterocycles. The van der Waals surface area contributed by atoms with Crippen molar-refractivity contribution in [2.75, 3.05) is 0 Å². The normalized spacial score (nSPS) is 11.9. The molecule has 3 aromatic rings. The molecule has 3 aromatic carbocycles. The minimum atomic E-state index is -0.377. The summed E-state index contributed by atoms with van der Waals surface area (Å²) in [6.45, 7) is 0. The summed E-state index contributed by atoms with van der Waals surface area (Å²) in [5, 5.41) is 0. The number of allylic oxidation sites excluding steroid dienone is 1. The van der Waals surface area contributed by atoms with Gasteiger partial charge in [0.05, 0.1) is 6.42 Å². The summed E-state index contributed by atoms with van der Waals surface area (Å²) in [4.78, 5) is 22.4. The van der Waals surface area contributed by atoms with Gasteiger partial charge < -0.3 is 5.73 Å². The maximum absolute atomic E-state index is 11.9. The second-order valence-corrected chi connectivity index (χ2v) is 6.35. The molecular weight excluding hydrogens is 346 g/mol. The van der Waals surface area contributed by atoms with E-state index in [4.69, 9.17) is 5.73 Å². The third-order valence-corrected chi connectivity index (χ3v) is 4.40. The van der Waals surface area contributed by atoms with Crippen LogP contribution < -0.4 is 5.73 Å². The van der Waals surface area contributed by atoms with Gasteiger partial charge in [-0.2, -0.15) is 0 Å². The van der Waals surface area contributed by atoms with Gasteiger partial charge >= 0.3 is 0 Å². The second kappa shape index (κ2) is 9.28. The van der Waals surface area contributed by atoms with E-state index >= 15 is 0 Å². The molecule has 0 aromatic heterocycles. The molecule has 0 atom stereocenters. The van der Waals surface area contributed by atoms with Gasteiger partial charge in [-0.25, -0.2) is 0 Å². The van der Waals surface area contributed by atoms with Crippen molar-refractivity contribution >= 4 is 29.4 Å². The fourth-order valence-corrected chi connectivity index (χ4v) is 3.18. The molecule has 0 radical (unpaired) electrons. The molecule has 138 valence electrons. The summed E-state index contributed by atoms with van der Waals surface area (Å²) in [5.74, 6) is -0.377. The maximum atomic E-state index is 11.9. The Balaban J connectivity index is 2.22. The standard InChI is InChI=1S/C25H21NO2/c26-24(28)18-23(20-9-3-1-4-10-20)25(21-11-5-2-6-12-21)22-15-13-19(14-16-22)8-7-17-27/h1-17H,18H2,(H2,26,28). The molecule has 0 aliphatic rings. The number of nitrogens with two attached hydrogens (primary N) is 1. The predicted molar refractivity (Wildman–Crippen MR) is 114 cm³/mol. The molecule has 0 heterocycles. The molecule has 1 amide bonds. The van der Waals surface area contributed by atoms with E-state index in [2.05, 4.69) is 0 Å². The highest BCUT2D eigenvalue weighted by atomic mass is 16.1. The average Bonchev–Trinajstić information content (AvgIpc) is 2.74. The number of benzene rings is 3. The highest BCUT2D eigenvalue weighted by molar-refractivity contribution is 6.04. The van der Waals surface area contributed by atoms with Crippen LogP contribution in [0.5, 0.6) is 0 Å². The lowest BCUT2D eigenvalue weighted by molar-refractivity contribution is -0.117. The van der Waals surface area contributed by atoms with Crippen molar-refractivity contribution in [2.24, 2.45) is 5.73 Å². The van der Waals surface area contributed by atoms with Crippen LogP contribution in [-0.4, -0.2) is 12.2 Å². The van der Waals surface area contributed by atoms with Crippen molar-refractivity contribution in [1.82, 2.24) is 0 Å². The third-order valence-electron chi connectivity index (χ3n) is 4.40. The SMILES string of the molecule is NC(=O)CC(=C(c1ccccc1)c1ccc(C=CC=O)cc1)c1ccccc1. The van der Waals surface area contributed by atoms with Gasteiger partial charge in [-0.1, -0.05) is 91.0 Å². The summed E-state index contributed by atoms with van der Waals surface area (Å²) in [7, 11) is 0. The fraction of sp³-hybridized carbons (Fsp3) is 0.0400. The lowest BCUT2D eigenvalue weighted by Crippen LogP contribution is -2.12. The Labute approximate surface area is 164 Å². The Morgan fingerprint density at radius 2 is 1.29 bits per heavy atom. The lowest BCUT2D eigenvalue weighted by atomic mass is 9.87. The Hall–Kier alpha value is -3.72. The smallest absolute Gasteiger partial charge is 0.221 e. The quantitative estimate of drug-likeness (QED) is 0.373. The first-order valence-corrected chi connectivity index (χ1v) is 9.03. The topological polar surface area (TPSA) is 60.2 Å². The monoisotopic (exact) mass is 367 g/mol. The van der Waals surface area contributed by atoms with E-state index in [-0.39, 0.29) is 12.3 Å². The van der Waals surface area contributed by atoms with Crippen molar-refractivity contribution in [2.45, 2.75) is 6.42 Å². The number of amides is 1. The molecule has 28 heavy (non-hydrogen) atoms. The van der Waals surface area contributed by atoms with E-state index in [9.17, 15) is 9.59 Å². The Morgan fingerprint density at radius 3 is 1.82 bits per heavy atom. The maximum Gasteiger partial charge on any atom is 0.221 e. The van der Waals surface area contributed by atoms with Crippen molar-refractivity contribution in [1.29, 1.82) is 0 Å². The number of carbonyl (C=O) groups excluding carboxylic acids is 2. The van der Waals surface area contributed by atoms with Crippen LogP contribution in [0.3, 0.4) is 0 Å². The molecule has 3 rings (SSSR count). The van der Waals surface area contributed by atoms with Gasteiger partial charge in [0.2, 0.25) is 5.91 Å². The Kier molecular flexibility index (Phi) is 6.32. The van der Waals surface area contributed by atoms with E-state index in [1.165, 1.54) is 6.08 Å². The van der Waals surface area contributed by atoms with Gasteiger partial charge in [0.1, 0.15) is 6.29 Å². The molecular formula is C25H21NO2. The summed E-state index contributed by atoms with van der Waals surface area (Å²) in [6, 6.07) is 27.7. The van der Waals surface area contributed by atoms with Gasteiger partial charge in [0.25, 0.3) is 0 Å². The number of carbonyl (C=O) groups is 2. The molecule has 3 heteroatoms. The number of aldehydes is 1. The van der Waals surface area contributed by atoms with Crippen LogP contribution >= 0.6 is 0 Å². The zero-order valence-electron chi connectivity index (χ0n) is 15.4. The van der Waals surface area contributed by atoms with E-state index in [1.807, 2.05) is 84.9 Å². The average molecular weight is 367 g/mol. The number of rotatable bonds is 7. The van der Waals surface area contributed by atoms with Gasteiger partial charge in [-0.15, -0.1) is 0 Å². The third kappa shape index (κ3) is 4.71. The molecule has 0 unspecified atom stereocenters. The van der Waals surface area contributed by atoms with Crippen molar-refractivity contribution in [3.05, 3.63) is 113 Å². The van der Waals surface area contributed by atoms with Crippen molar-refractivity contribution in [3.63, 3.8) is 0 Å². The zero-order valence-corrected chi connectivity index (χ0v) is 15.4. The highest BCUT2D eigenvalue weighted by Gasteiger charge is 2.15. The number of hydrogen-bond acceptors (Lipinski definition) is 2. The van der Waals surface area contributed by atoms with Crippen LogP contribution in [0.25, 0.3) is 17.2 Å². The van der Waals surface area contributed by atoms with Gasteiger partial charge in [-0.05, 0) is 39.5 Å². The first kappa shape index (κ1) is 19.1. The van der Waals surface area contributed by atoms with Gasteiger partial charge in [0, 0.05) is 0 Å². The molecule has 0 bridgehead atoms. The van der Waals surface area contributed by atoms with Crippen molar-refractivity contribution in [3.8, 4) is 0 Å².